The van der Waals surface area contributed by atoms with E-state index in [1.807, 2.05) is 37.3 Å². The standard InChI is InChI=1S/C13H18N2OS/c1-2-15-13(10-14,11-17-9-8-16)12-6-4-3-5-7-12/h3-7,15-16H,2,8-9,11H2,1H3. The van der Waals surface area contributed by atoms with Gasteiger partial charge in [0, 0.05) is 11.5 Å². The molecule has 0 saturated carbocycles. The molecule has 4 heteroatoms. The third-order valence-electron chi connectivity index (χ3n) is 2.49. The van der Waals surface area contributed by atoms with Crippen molar-refractivity contribution in [3.8, 4) is 6.07 Å². The first kappa shape index (κ1) is 14.0. The molecule has 1 aromatic rings. The third-order valence-corrected chi connectivity index (χ3v) is 3.60. The number of aliphatic hydroxyl groups is 1. The average Bonchev–Trinajstić information content (AvgIpc) is 2.39. The van der Waals surface area contributed by atoms with Crippen molar-refractivity contribution < 1.29 is 5.11 Å². The Hall–Kier alpha value is -1.02. The van der Waals surface area contributed by atoms with Gasteiger partial charge in [0.25, 0.3) is 0 Å². The van der Waals surface area contributed by atoms with Crippen LogP contribution < -0.4 is 5.32 Å². The van der Waals surface area contributed by atoms with Crippen LogP contribution in [0.4, 0.5) is 0 Å². The van der Waals surface area contributed by atoms with E-state index < -0.39 is 5.54 Å². The second-order valence-corrected chi connectivity index (χ2v) is 4.79. The van der Waals surface area contributed by atoms with E-state index in [2.05, 4.69) is 11.4 Å². The van der Waals surface area contributed by atoms with Crippen molar-refractivity contribution in [2.45, 2.75) is 12.5 Å². The lowest BCUT2D eigenvalue weighted by atomic mass is 9.93. The fourth-order valence-corrected chi connectivity index (χ4v) is 2.60. The van der Waals surface area contributed by atoms with Crippen molar-refractivity contribution in [3.05, 3.63) is 35.9 Å². The predicted octanol–water partition coefficient (Wildman–Crippen LogP) is 1.74. The SMILES string of the molecule is CCNC(C#N)(CSCCO)c1ccccc1. The summed E-state index contributed by atoms with van der Waals surface area (Å²) < 4.78 is 0. The van der Waals surface area contributed by atoms with Gasteiger partial charge in [-0.2, -0.15) is 17.0 Å². The Bertz CT molecular complexity index is 363. The van der Waals surface area contributed by atoms with Crippen LogP contribution in [0.5, 0.6) is 0 Å². The highest BCUT2D eigenvalue weighted by atomic mass is 32.2. The van der Waals surface area contributed by atoms with Gasteiger partial charge in [-0.15, -0.1) is 0 Å². The molecule has 0 aliphatic carbocycles. The summed E-state index contributed by atoms with van der Waals surface area (Å²) >= 11 is 1.58. The van der Waals surface area contributed by atoms with E-state index >= 15 is 0 Å². The van der Waals surface area contributed by atoms with Crippen LogP contribution in [0.2, 0.25) is 0 Å². The zero-order valence-electron chi connectivity index (χ0n) is 10.0. The lowest BCUT2D eigenvalue weighted by Crippen LogP contribution is -2.43. The van der Waals surface area contributed by atoms with E-state index in [1.54, 1.807) is 11.8 Å². The molecule has 0 spiro atoms. The molecule has 1 atom stereocenters. The maximum absolute atomic E-state index is 9.47. The number of nitrogens with zero attached hydrogens (tertiary/aromatic N) is 1. The molecule has 1 rings (SSSR count). The number of hydrogen-bond donors (Lipinski definition) is 2. The van der Waals surface area contributed by atoms with Crippen molar-refractivity contribution in [1.29, 1.82) is 5.26 Å². The molecule has 0 fully saturated rings. The average molecular weight is 250 g/mol. The van der Waals surface area contributed by atoms with Gasteiger partial charge < -0.3 is 5.11 Å². The molecule has 0 bridgehead atoms. The molecule has 92 valence electrons. The summed E-state index contributed by atoms with van der Waals surface area (Å²) in [7, 11) is 0. The van der Waals surface area contributed by atoms with Gasteiger partial charge in [-0.25, -0.2) is 0 Å². The van der Waals surface area contributed by atoms with Crippen LogP contribution in [0.1, 0.15) is 12.5 Å². The maximum atomic E-state index is 9.47. The minimum Gasteiger partial charge on any atom is -0.396 e. The highest BCUT2D eigenvalue weighted by Gasteiger charge is 2.30. The lowest BCUT2D eigenvalue weighted by molar-refractivity contribution is 0.322. The van der Waals surface area contributed by atoms with Gasteiger partial charge in [-0.3, -0.25) is 5.32 Å². The van der Waals surface area contributed by atoms with Gasteiger partial charge >= 0.3 is 0 Å². The predicted molar refractivity (Wildman–Crippen MR) is 71.8 cm³/mol. The van der Waals surface area contributed by atoms with E-state index in [9.17, 15) is 5.26 Å². The van der Waals surface area contributed by atoms with E-state index in [1.165, 1.54) is 0 Å². The lowest BCUT2D eigenvalue weighted by Gasteiger charge is -2.27. The minimum atomic E-state index is -0.657. The molecular weight excluding hydrogens is 232 g/mol. The first-order chi connectivity index (χ1) is 8.29. The fourth-order valence-electron chi connectivity index (χ4n) is 1.69. The van der Waals surface area contributed by atoms with Crippen molar-refractivity contribution in [2.24, 2.45) is 0 Å². The van der Waals surface area contributed by atoms with Crippen molar-refractivity contribution in [3.63, 3.8) is 0 Å². The Morgan fingerprint density at radius 1 is 1.41 bits per heavy atom. The molecule has 3 nitrogen and oxygen atoms in total. The number of thioether (sulfide) groups is 1. The summed E-state index contributed by atoms with van der Waals surface area (Å²) in [5, 5.41) is 21.5. The molecule has 1 unspecified atom stereocenters. The summed E-state index contributed by atoms with van der Waals surface area (Å²) in [5.74, 6) is 1.30. The van der Waals surface area contributed by atoms with Crippen LogP contribution >= 0.6 is 11.8 Å². The number of nitriles is 1. The molecule has 0 aromatic heterocycles. The monoisotopic (exact) mass is 250 g/mol. The molecule has 0 heterocycles. The number of aliphatic hydroxyl groups excluding tert-OH is 1. The van der Waals surface area contributed by atoms with Gasteiger partial charge in [0.2, 0.25) is 0 Å². The van der Waals surface area contributed by atoms with Crippen LogP contribution in [0.15, 0.2) is 30.3 Å². The van der Waals surface area contributed by atoms with Crippen LogP contribution in [-0.2, 0) is 5.54 Å². The Kier molecular flexibility index (Phi) is 6.06. The van der Waals surface area contributed by atoms with Crippen LogP contribution in [0.3, 0.4) is 0 Å². The van der Waals surface area contributed by atoms with Gasteiger partial charge in [0.15, 0.2) is 0 Å². The second kappa shape index (κ2) is 7.33. The number of rotatable bonds is 7. The van der Waals surface area contributed by atoms with Gasteiger partial charge in [0.05, 0.1) is 12.7 Å². The van der Waals surface area contributed by atoms with Gasteiger partial charge in [0.1, 0.15) is 5.54 Å². The molecule has 0 aliphatic rings. The highest BCUT2D eigenvalue weighted by Crippen LogP contribution is 2.25. The summed E-state index contributed by atoms with van der Waals surface area (Å²) in [4.78, 5) is 0. The van der Waals surface area contributed by atoms with Gasteiger partial charge in [-0.1, -0.05) is 37.3 Å². The third kappa shape index (κ3) is 3.74. The first-order valence-electron chi connectivity index (χ1n) is 5.69. The fraction of sp³-hybridized carbons (Fsp3) is 0.462. The highest BCUT2D eigenvalue weighted by molar-refractivity contribution is 7.99. The van der Waals surface area contributed by atoms with Crippen molar-refractivity contribution in [1.82, 2.24) is 5.32 Å². The summed E-state index contributed by atoms with van der Waals surface area (Å²) in [6, 6.07) is 12.1. The largest absolute Gasteiger partial charge is 0.396 e. The maximum Gasteiger partial charge on any atom is 0.141 e. The first-order valence-corrected chi connectivity index (χ1v) is 6.85. The molecule has 0 aliphatic heterocycles. The smallest absolute Gasteiger partial charge is 0.141 e. The number of benzene rings is 1. The summed E-state index contributed by atoms with van der Waals surface area (Å²) in [5.41, 5.74) is 0.324. The van der Waals surface area contributed by atoms with Gasteiger partial charge in [-0.05, 0) is 12.1 Å². The number of hydrogen-bond acceptors (Lipinski definition) is 4. The topological polar surface area (TPSA) is 56.0 Å². The zero-order chi connectivity index (χ0) is 12.6. The minimum absolute atomic E-state index is 0.146. The van der Waals surface area contributed by atoms with E-state index in [0.29, 0.717) is 11.5 Å². The molecule has 17 heavy (non-hydrogen) atoms. The molecule has 0 amide bonds. The van der Waals surface area contributed by atoms with Crippen LogP contribution in [-0.4, -0.2) is 29.8 Å². The quantitative estimate of drug-likeness (QED) is 0.724. The van der Waals surface area contributed by atoms with Crippen molar-refractivity contribution >= 4 is 11.8 Å². The number of nitrogens with one attached hydrogen (secondary N) is 1. The summed E-state index contributed by atoms with van der Waals surface area (Å²) in [6.07, 6.45) is 0. The Balaban J connectivity index is 2.89. The molecule has 2 N–H and O–H groups in total. The Morgan fingerprint density at radius 3 is 2.65 bits per heavy atom. The zero-order valence-corrected chi connectivity index (χ0v) is 10.8. The van der Waals surface area contributed by atoms with E-state index in [0.717, 1.165) is 12.1 Å². The van der Waals surface area contributed by atoms with Crippen LogP contribution in [0.25, 0.3) is 0 Å². The van der Waals surface area contributed by atoms with E-state index in [-0.39, 0.29) is 6.61 Å². The second-order valence-electron chi connectivity index (χ2n) is 3.69. The Morgan fingerprint density at radius 2 is 2.12 bits per heavy atom. The molecule has 0 radical (unpaired) electrons. The van der Waals surface area contributed by atoms with Crippen LogP contribution in [0, 0.1) is 11.3 Å². The normalized spacial score (nSPS) is 13.9. The molecule has 0 saturated heterocycles. The summed E-state index contributed by atoms with van der Waals surface area (Å²) in [6.45, 7) is 2.88. The molecular formula is C13H18N2OS. The van der Waals surface area contributed by atoms with Crippen molar-refractivity contribution in [2.75, 3.05) is 24.7 Å². The van der Waals surface area contributed by atoms with E-state index in [4.69, 9.17) is 5.11 Å². The molecule has 1 aromatic carbocycles. The Labute approximate surface area is 107 Å².